The molecule has 38 heavy (non-hydrogen) atoms. The fraction of sp³-hybridized carbons (Fsp3) is 0.433. The molecule has 2 saturated heterocycles. The van der Waals surface area contributed by atoms with E-state index in [4.69, 9.17) is 29.0 Å². The Morgan fingerprint density at radius 2 is 0.974 bits per heavy atom. The standard InChI is InChI=1S/C15H16BNO2.C15H19BO3/c2*1-14(2)15(3,4)19-16(18-14)13-9-7-12(8-10-13)6-5-11-17/h7-10H,1-4H3;7-10,17H,11H2,1-4H3. The van der Waals surface area contributed by atoms with E-state index in [0.717, 1.165) is 22.1 Å². The van der Waals surface area contributed by atoms with Gasteiger partial charge < -0.3 is 23.7 Å². The molecule has 0 unspecified atom stereocenters. The Bertz CT molecular complexity index is 1260. The number of aliphatic hydroxyl groups excluding tert-OH is 1. The van der Waals surface area contributed by atoms with E-state index in [1.807, 2.05) is 104 Å². The molecule has 0 amide bonds. The van der Waals surface area contributed by atoms with Gasteiger partial charge in [-0.05, 0) is 90.6 Å². The van der Waals surface area contributed by atoms with Crippen molar-refractivity contribution >= 4 is 25.2 Å². The van der Waals surface area contributed by atoms with Crippen molar-refractivity contribution in [2.24, 2.45) is 0 Å². The van der Waals surface area contributed by atoms with Crippen LogP contribution in [0.15, 0.2) is 48.5 Å². The van der Waals surface area contributed by atoms with E-state index >= 15 is 0 Å². The Hall–Kier alpha value is -3.02. The van der Waals surface area contributed by atoms with E-state index < -0.39 is 0 Å². The molecule has 0 aliphatic carbocycles. The molecular weight excluding hydrogens is 476 g/mol. The first-order valence-corrected chi connectivity index (χ1v) is 12.6. The van der Waals surface area contributed by atoms with E-state index in [1.54, 1.807) is 6.07 Å². The first kappa shape index (κ1) is 29.5. The predicted molar refractivity (Wildman–Crippen MR) is 151 cm³/mol. The lowest BCUT2D eigenvalue weighted by molar-refractivity contribution is 0.00578. The van der Waals surface area contributed by atoms with Gasteiger partial charge in [0.1, 0.15) is 6.61 Å². The molecule has 8 heteroatoms. The number of hydrogen-bond acceptors (Lipinski definition) is 6. The Morgan fingerprint density at radius 1 is 0.632 bits per heavy atom. The van der Waals surface area contributed by atoms with Crippen LogP contribution in [0.4, 0.5) is 0 Å². The lowest BCUT2D eigenvalue weighted by Crippen LogP contribution is -2.41. The predicted octanol–water partition coefficient (Wildman–Crippen LogP) is 3.19. The van der Waals surface area contributed by atoms with Crippen molar-refractivity contribution < 1.29 is 23.7 Å². The maximum absolute atomic E-state index is 8.66. The highest BCUT2D eigenvalue weighted by atomic mass is 16.7. The molecule has 2 aromatic carbocycles. The average molecular weight is 511 g/mol. The van der Waals surface area contributed by atoms with Gasteiger partial charge in [-0.1, -0.05) is 42.0 Å². The van der Waals surface area contributed by atoms with Crippen molar-refractivity contribution in [1.82, 2.24) is 0 Å². The largest absolute Gasteiger partial charge is 0.494 e. The summed E-state index contributed by atoms with van der Waals surface area (Å²) in [6.45, 7) is 16.1. The van der Waals surface area contributed by atoms with E-state index in [2.05, 4.69) is 23.7 Å². The second kappa shape index (κ2) is 11.4. The fourth-order valence-corrected chi connectivity index (χ4v) is 3.65. The molecule has 0 aromatic heterocycles. The van der Waals surface area contributed by atoms with Gasteiger partial charge in [0.2, 0.25) is 0 Å². The first-order chi connectivity index (χ1) is 17.7. The molecule has 6 nitrogen and oxygen atoms in total. The molecule has 2 aliphatic heterocycles. The molecule has 2 aromatic rings. The van der Waals surface area contributed by atoms with Crippen LogP contribution in [0.25, 0.3) is 0 Å². The van der Waals surface area contributed by atoms with Crippen molar-refractivity contribution in [2.75, 3.05) is 6.61 Å². The molecule has 0 spiro atoms. The highest BCUT2D eigenvalue weighted by Crippen LogP contribution is 2.37. The topological polar surface area (TPSA) is 80.9 Å². The molecule has 2 aliphatic rings. The summed E-state index contributed by atoms with van der Waals surface area (Å²) >= 11 is 0. The minimum atomic E-state index is -0.358. The van der Waals surface area contributed by atoms with Gasteiger partial charge in [-0.3, -0.25) is 0 Å². The van der Waals surface area contributed by atoms with Crippen molar-refractivity contribution in [3.05, 3.63) is 59.7 Å². The quantitative estimate of drug-likeness (QED) is 0.493. The average Bonchev–Trinajstić information content (AvgIpc) is 3.22. The van der Waals surface area contributed by atoms with Gasteiger partial charge in [-0.2, -0.15) is 5.26 Å². The molecule has 4 rings (SSSR count). The van der Waals surface area contributed by atoms with Crippen molar-refractivity contribution in [2.45, 2.75) is 77.8 Å². The smallest absolute Gasteiger partial charge is 0.399 e. The van der Waals surface area contributed by atoms with Gasteiger partial charge in [0.15, 0.2) is 6.07 Å². The summed E-state index contributed by atoms with van der Waals surface area (Å²) in [5, 5.41) is 17.1. The molecule has 0 atom stereocenters. The van der Waals surface area contributed by atoms with Crippen LogP contribution < -0.4 is 10.9 Å². The number of nitrogens with zero attached hydrogens (tertiary/aromatic N) is 1. The zero-order chi connectivity index (χ0) is 28.2. The molecule has 0 radical (unpaired) electrons. The van der Waals surface area contributed by atoms with Gasteiger partial charge in [-0.25, -0.2) is 0 Å². The summed E-state index contributed by atoms with van der Waals surface area (Å²) in [5.74, 6) is 10.6. The van der Waals surface area contributed by atoms with Crippen LogP contribution in [0.3, 0.4) is 0 Å². The van der Waals surface area contributed by atoms with Crippen LogP contribution in [0.1, 0.15) is 66.5 Å². The van der Waals surface area contributed by atoms with E-state index in [9.17, 15) is 0 Å². The number of aliphatic hydroxyl groups is 1. The van der Waals surface area contributed by atoms with E-state index in [0.29, 0.717) is 0 Å². The Balaban J connectivity index is 0.000000211. The summed E-state index contributed by atoms with van der Waals surface area (Å²) in [4.78, 5) is 0. The number of rotatable bonds is 2. The van der Waals surface area contributed by atoms with Crippen LogP contribution in [0.2, 0.25) is 0 Å². The minimum absolute atomic E-state index is 0.126. The van der Waals surface area contributed by atoms with Gasteiger partial charge >= 0.3 is 14.2 Å². The maximum atomic E-state index is 8.66. The van der Waals surface area contributed by atoms with Crippen LogP contribution in [0, 0.1) is 35.0 Å². The minimum Gasteiger partial charge on any atom is -0.399 e. The lowest BCUT2D eigenvalue weighted by atomic mass is 9.79. The Kier molecular flexibility index (Phi) is 8.85. The zero-order valence-corrected chi connectivity index (χ0v) is 23.5. The molecule has 1 N–H and O–H groups in total. The monoisotopic (exact) mass is 511 g/mol. The third-order valence-electron chi connectivity index (χ3n) is 7.45. The van der Waals surface area contributed by atoms with Gasteiger partial charge in [0.25, 0.3) is 0 Å². The van der Waals surface area contributed by atoms with Gasteiger partial charge in [-0.15, -0.1) is 0 Å². The SMILES string of the molecule is CC1(C)OB(c2ccc(C#CC#N)cc2)OC1(C)C.CC1(C)OB(c2ccc(C#CCO)cc2)OC1(C)C. The normalized spacial score (nSPS) is 19.7. The Morgan fingerprint density at radius 3 is 1.29 bits per heavy atom. The fourth-order valence-electron chi connectivity index (χ4n) is 3.65. The van der Waals surface area contributed by atoms with Crippen molar-refractivity contribution in [1.29, 1.82) is 5.26 Å². The molecule has 196 valence electrons. The van der Waals surface area contributed by atoms with Crippen molar-refractivity contribution in [3.63, 3.8) is 0 Å². The lowest BCUT2D eigenvalue weighted by Gasteiger charge is -2.32. The summed E-state index contributed by atoms with van der Waals surface area (Å²) in [7, 11) is -0.701. The highest BCUT2D eigenvalue weighted by Gasteiger charge is 2.52. The summed E-state index contributed by atoms with van der Waals surface area (Å²) in [6.07, 6.45) is 0. The summed E-state index contributed by atoms with van der Waals surface area (Å²) < 4.78 is 23.9. The highest BCUT2D eigenvalue weighted by molar-refractivity contribution is 6.62. The first-order valence-electron chi connectivity index (χ1n) is 12.6. The number of benzene rings is 2. The second-order valence-corrected chi connectivity index (χ2v) is 11.2. The zero-order valence-electron chi connectivity index (χ0n) is 23.5. The van der Waals surface area contributed by atoms with Crippen LogP contribution in [0.5, 0.6) is 0 Å². The number of hydrogen-bond donors (Lipinski definition) is 1. The van der Waals surface area contributed by atoms with Gasteiger partial charge in [0.05, 0.1) is 22.4 Å². The van der Waals surface area contributed by atoms with E-state index in [1.165, 1.54) is 0 Å². The molecule has 2 fully saturated rings. The Labute approximate surface area is 227 Å². The summed E-state index contributed by atoms with van der Waals surface area (Å²) in [6, 6.07) is 17.1. The molecule has 2 heterocycles. The van der Waals surface area contributed by atoms with Gasteiger partial charge in [0, 0.05) is 17.0 Å². The third-order valence-corrected chi connectivity index (χ3v) is 7.45. The molecule has 0 saturated carbocycles. The molecular formula is C30H35B2NO5. The summed E-state index contributed by atoms with van der Waals surface area (Å²) in [5.41, 5.74) is 2.29. The van der Waals surface area contributed by atoms with Crippen LogP contribution in [-0.2, 0) is 18.6 Å². The van der Waals surface area contributed by atoms with E-state index in [-0.39, 0.29) is 43.2 Å². The number of nitriles is 1. The van der Waals surface area contributed by atoms with Crippen LogP contribution >= 0.6 is 0 Å². The van der Waals surface area contributed by atoms with Crippen LogP contribution in [-0.4, -0.2) is 48.4 Å². The molecule has 0 bridgehead atoms. The second-order valence-electron chi connectivity index (χ2n) is 11.2. The maximum Gasteiger partial charge on any atom is 0.494 e. The van der Waals surface area contributed by atoms with Crippen molar-refractivity contribution in [3.8, 4) is 29.8 Å². The third kappa shape index (κ3) is 6.69.